The van der Waals surface area contributed by atoms with Crippen LogP contribution in [0.1, 0.15) is 58.3 Å². The van der Waals surface area contributed by atoms with Crippen molar-refractivity contribution in [2.45, 2.75) is 58.3 Å². The van der Waals surface area contributed by atoms with Gasteiger partial charge in [0.15, 0.2) is 0 Å². The molecular weight excluding hydrogens is 158 g/mol. The first-order valence-corrected chi connectivity index (χ1v) is 6.16. The quantitative estimate of drug-likeness (QED) is 0.603. The summed E-state index contributed by atoms with van der Waals surface area (Å²) in [5.41, 5.74) is 0. The van der Waals surface area contributed by atoms with Gasteiger partial charge < -0.3 is 4.90 Å². The molecule has 0 radical (unpaired) electrons. The van der Waals surface area contributed by atoms with Crippen molar-refractivity contribution in [1.29, 1.82) is 0 Å². The molecular formula is C12H25N. The molecule has 13 heavy (non-hydrogen) atoms. The third kappa shape index (κ3) is 5.30. The van der Waals surface area contributed by atoms with Gasteiger partial charge in [0.05, 0.1) is 0 Å². The third-order valence-corrected chi connectivity index (χ3v) is 3.03. The van der Waals surface area contributed by atoms with Gasteiger partial charge in [-0.15, -0.1) is 0 Å². The average Bonchev–Trinajstić information content (AvgIpc) is 2.08. The lowest BCUT2D eigenvalue weighted by Crippen LogP contribution is -2.28. The van der Waals surface area contributed by atoms with Crippen molar-refractivity contribution >= 4 is 0 Å². The van der Waals surface area contributed by atoms with E-state index in [1.807, 2.05) is 0 Å². The molecule has 0 spiro atoms. The highest BCUT2D eigenvalue weighted by molar-refractivity contribution is 4.62. The first kappa shape index (κ1) is 11.0. The van der Waals surface area contributed by atoms with E-state index in [1.165, 1.54) is 71.0 Å². The van der Waals surface area contributed by atoms with E-state index in [0.717, 1.165) is 0 Å². The van der Waals surface area contributed by atoms with Crippen molar-refractivity contribution in [2.75, 3.05) is 19.6 Å². The summed E-state index contributed by atoms with van der Waals surface area (Å²) >= 11 is 0. The van der Waals surface area contributed by atoms with Gasteiger partial charge >= 0.3 is 0 Å². The van der Waals surface area contributed by atoms with E-state index >= 15 is 0 Å². The molecule has 1 heterocycles. The molecule has 0 aromatic rings. The predicted octanol–water partition coefficient (Wildman–Crippen LogP) is 3.44. The van der Waals surface area contributed by atoms with Crippen LogP contribution in [0.3, 0.4) is 0 Å². The van der Waals surface area contributed by atoms with Crippen molar-refractivity contribution in [3.8, 4) is 0 Å². The Labute approximate surface area is 83.5 Å². The van der Waals surface area contributed by atoms with Crippen LogP contribution in [0.2, 0.25) is 0 Å². The van der Waals surface area contributed by atoms with Crippen LogP contribution in [0.25, 0.3) is 0 Å². The summed E-state index contributed by atoms with van der Waals surface area (Å²) < 4.78 is 0. The Balaban J connectivity index is 2.06. The second-order valence-electron chi connectivity index (χ2n) is 4.32. The van der Waals surface area contributed by atoms with Gasteiger partial charge in [-0.05, 0) is 38.9 Å². The van der Waals surface area contributed by atoms with E-state index < -0.39 is 0 Å². The summed E-state index contributed by atoms with van der Waals surface area (Å²) in [6.07, 6.45) is 11.5. The molecule has 78 valence electrons. The Kier molecular flexibility index (Phi) is 6.26. The van der Waals surface area contributed by atoms with Crippen LogP contribution in [0.4, 0.5) is 0 Å². The second-order valence-corrected chi connectivity index (χ2v) is 4.32. The van der Waals surface area contributed by atoms with Crippen molar-refractivity contribution < 1.29 is 0 Å². The number of likely N-dealkylation sites (tertiary alicyclic amines) is 1. The minimum atomic E-state index is 1.36. The minimum Gasteiger partial charge on any atom is -0.303 e. The molecule has 1 saturated heterocycles. The first-order valence-electron chi connectivity index (χ1n) is 6.16. The summed E-state index contributed by atoms with van der Waals surface area (Å²) in [4.78, 5) is 2.68. The highest BCUT2D eigenvalue weighted by Gasteiger charge is 2.06. The van der Waals surface area contributed by atoms with Gasteiger partial charge in [0.25, 0.3) is 0 Å². The van der Waals surface area contributed by atoms with Gasteiger partial charge in [-0.2, -0.15) is 0 Å². The molecule has 0 N–H and O–H groups in total. The van der Waals surface area contributed by atoms with Crippen LogP contribution in [-0.2, 0) is 0 Å². The van der Waals surface area contributed by atoms with Crippen molar-refractivity contribution in [1.82, 2.24) is 4.90 Å². The fraction of sp³-hybridized carbons (Fsp3) is 1.00. The monoisotopic (exact) mass is 183 g/mol. The summed E-state index contributed by atoms with van der Waals surface area (Å²) in [5.74, 6) is 0. The zero-order valence-electron chi connectivity index (χ0n) is 9.23. The highest BCUT2D eigenvalue weighted by atomic mass is 15.1. The van der Waals surface area contributed by atoms with Gasteiger partial charge in [0.2, 0.25) is 0 Å². The highest BCUT2D eigenvalue weighted by Crippen LogP contribution is 2.11. The number of nitrogens with zero attached hydrogens (tertiary/aromatic N) is 1. The first-order chi connectivity index (χ1) is 6.43. The van der Waals surface area contributed by atoms with E-state index in [4.69, 9.17) is 0 Å². The van der Waals surface area contributed by atoms with Crippen LogP contribution in [0.5, 0.6) is 0 Å². The maximum absolute atomic E-state index is 2.68. The van der Waals surface area contributed by atoms with Gasteiger partial charge in [0.1, 0.15) is 0 Å². The molecule has 0 saturated carbocycles. The fourth-order valence-corrected chi connectivity index (χ4v) is 2.12. The lowest BCUT2D eigenvalue weighted by atomic mass is 10.1. The molecule has 0 aliphatic carbocycles. The Morgan fingerprint density at radius 3 is 2.08 bits per heavy atom. The molecule has 1 aliphatic heterocycles. The Bertz CT molecular complexity index is 104. The molecule has 1 rings (SSSR count). The molecule has 0 bridgehead atoms. The molecule has 0 unspecified atom stereocenters. The van der Waals surface area contributed by atoms with Crippen molar-refractivity contribution in [2.24, 2.45) is 0 Å². The van der Waals surface area contributed by atoms with E-state index in [1.54, 1.807) is 0 Å². The Morgan fingerprint density at radius 2 is 1.46 bits per heavy atom. The molecule has 0 aromatic carbocycles. The molecule has 1 nitrogen and oxygen atoms in total. The topological polar surface area (TPSA) is 3.24 Å². The number of unbranched alkanes of at least 4 members (excludes halogenated alkanes) is 2. The normalized spacial score (nSPS) is 21.0. The fourth-order valence-electron chi connectivity index (χ4n) is 2.12. The SMILES string of the molecule is CCCCCN1CCCCCCC1. The minimum absolute atomic E-state index is 1.36. The number of rotatable bonds is 4. The van der Waals surface area contributed by atoms with Crippen LogP contribution in [0.15, 0.2) is 0 Å². The van der Waals surface area contributed by atoms with E-state index in [0.29, 0.717) is 0 Å². The summed E-state index contributed by atoms with van der Waals surface area (Å²) in [5, 5.41) is 0. The Hall–Kier alpha value is -0.0400. The van der Waals surface area contributed by atoms with Crippen LogP contribution < -0.4 is 0 Å². The summed E-state index contributed by atoms with van der Waals surface area (Å²) in [7, 11) is 0. The van der Waals surface area contributed by atoms with Crippen molar-refractivity contribution in [3.63, 3.8) is 0 Å². The lowest BCUT2D eigenvalue weighted by Gasteiger charge is -2.24. The predicted molar refractivity (Wildman–Crippen MR) is 59.1 cm³/mol. The maximum atomic E-state index is 2.68. The van der Waals surface area contributed by atoms with Gasteiger partial charge in [-0.1, -0.05) is 39.0 Å². The largest absolute Gasteiger partial charge is 0.303 e. The van der Waals surface area contributed by atoms with Gasteiger partial charge in [-0.3, -0.25) is 0 Å². The second kappa shape index (κ2) is 7.37. The molecule has 0 amide bonds. The standard InChI is InChI=1S/C12H25N/c1-2-3-7-10-13-11-8-5-4-6-9-12-13/h2-12H2,1H3. The summed E-state index contributed by atoms with van der Waals surface area (Å²) in [6.45, 7) is 6.37. The zero-order chi connectivity index (χ0) is 9.36. The van der Waals surface area contributed by atoms with Gasteiger partial charge in [-0.25, -0.2) is 0 Å². The molecule has 1 aliphatic rings. The number of hydrogen-bond acceptors (Lipinski definition) is 1. The van der Waals surface area contributed by atoms with Gasteiger partial charge in [0, 0.05) is 0 Å². The van der Waals surface area contributed by atoms with E-state index in [-0.39, 0.29) is 0 Å². The maximum Gasteiger partial charge on any atom is -0.00187 e. The van der Waals surface area contributed by atoms with Crippen LogP contribution >= 0.6 is 0 Å². The summed E-state index contributed by atoms with van der Waals surface area (Å²) in [6, 6.07) is 0. The van der Waals surface area contributed by atoms with Crippen molar-refractivity contribution in [3.05, 3.63) is 0 Å². The average molecular weight is 183 g/mol. The smallest absolute Gasteiger partial charge is 0.00187 e. The Morgan fingerprint density at radius 1 is 0.846 bits per heavy atom. The number of hydrogen-bond donors (Lipinski definition) is 0. The third-order valence-electron chi connectivity index (χ3n) is 3.03. The van der Waals surface area contributed by atoms with E-state index in [2.05, 4.69) is 11.8 Å². The van der Waals surface area contributed by atoms with Crippen LogP contribution in [0, 0.1) is 0 Å². The molecule has 1 heteroatoms. The zero-order valence-corrected chi connectivity index (χ0v) is 9.23. The lowest BCUT2D eigenvalue weighted by molar-refractivity contribution is 0.243. The van der Waals surface area contributed by atoms with E-state index in [9.17, 15) is 0 Å². The molecule has 0 atom stereocenters. The molecule has 1 fully saturated rings. The van der Waals surface area contributed by atoms with Crippen LogP contribution in [-0.4, -0.2) is 24.5 Å². The molecule has 0 aromatic heterocycles.